The van der Waals surface area contributed by atoms with E-state index in [1.54, 1.807) is 7.11 Å². The Morgan fingerprint density at radius 1 is 1.13 bits per heavy atom. The average Bonchev–Trinajstić information content (AvgIpc) is 2.59. The SMILES string of the molecule is COC(CN)CC(=O)N1CCN(C2CCC(C(C)C)CC2)CC1. The molecule has 2 fully saturated rings. The zero-order chi connectivity index (χ0) is 16.8. The van der Waals surface area contributed by atoms with Gasteiger partial charge in [0.1, 0.15) is 0 Å². The van der Waals surface area contributed by atoms with Gasteiger partial charge in [-0.2, -0.15) is 0 Å². The summed E-state index contributed by atoms with van der Waals surface area (Å²) in [6, 6.07) is 0.734. The molecular weight excluding hydrogens is 290 g/mol. The van der Waals surface area contributed by atoms with Gasteiger partial charge in [-0.05, 0) is 37.5 Å². The molecule has 23 heavy (non-hydrogen) atoms. The van der Waals surface area contributed by atoms with Gasteiger partial charge in [0.2, 0.25) is 5.91 Å². The number of rotatable bonds is 6. The van der Waals surface area contributed by atoms with Crippen molar-refractivity contribution in [2.45, 2.75) is 58.1 Å². The van der Waals surface area contributed by atoms with Crippen molar-refractivity contribution in [1.29, 1.82) is 0 Å². The normalized spacial score (nSPS) is 28.1. The summed E-state index contributed by atoms with van der Waals surface area (Å²) in [5.41, 5.74) is 5.61. The van der Waals surface area contributed by atoms with E-state index in [2.05, 4.69) is 18.7 Å². The molecule has 5 heteroatoms. The Bertz CT molecular complexity index is 355. The highest BCUT2D eigenvalue weighted by Gasteiger charge is 2.30. The lowest BCUT2D eigenvalue weighted by Gasteiger charge is -2.42. The summed E-state index contributed by atoms with van der Waals surface area (Å²) in [5.74, 6) is 1.92. The lowest BCUT2D eigenvalue weighted by Crippen LogP contribution is -2.53. The molecule has 1 heterocycles. The summed E-state index contributed by atoms with van der Waals surface area (Å²) in [7, 11) is 1.62. The van der Waals surface area contributed by atoms with Crippen LogP contribution in [-0.4, -0.2) is 67.7 Å². The third kappa shape index (κ3) is 5.16. The monoisotopic (exact) mass is 325 g/mol. The van der Waals surface area contributed by atoms with E-state index in [9.17, 15) is 4.79 Å². The van der Waals surface area contributed by atoms with Crippen molar-refractivity contribution >= 4 is 5.91 Å². The molecule has 0 radical (unpaired) electrons. The number of carbonyl (C=O) groups is 1. The first-order valence-corrected chi connectivity index (χ1v) is 9.29. The lowest BCUT2D eigenvalue weighted by atomic mass is 9.79. The molecule has 0 aromatic heterocycles. The topological polar surface area (TPSA) is 58.8 Å². The smallest absolute Gasteiger partial charge is 0.225 e. The Labute approximate surface area is 141 Å². The van der Waals surface area contributed by atoms with Gasteiger partial charge in [-0.15, -0.1) is 0 Å². The summed E-state index contributed by atoms with van der Waals surface area (Å²) >= 11 is 0. The van der Waals surface area contributed by atoms with Crippen molar-refractivity contribution < 1.29 is 9.53 Å². The predicted molar refractivity (Wildman–Crippen MR) is 93.2 cm³/mol. The molecule has 0 aromatic carbocycles. The van der Waals surface area contributed by atoms with Crippen molar-refractivity contribution in [2.24, 2.45) is 17.6 Å². The van der Waals surface area contributed by atoms with E-state index in [1.807, 2.05) is 4.90 Å². The summed E-state index contributed by atoms with van der Waals surface area (Å²) < 4.78 is 5.22. The van der Waals surface area contributed by atoms with Crippen molar-refractivity contribution in [2.75, 3.05) is 39.8 Å². The second-order valence-corrected chi connectivity index (χ2v) is 7.53. The van der Waals surface area contributed by atoms with Crippen LogP contribution in [0.3, 0.4) is 0 Å². The highest BCUT2D eigenvalue weighted by Crippen LogP contribution is 2.32. The average molecular weight is 325 g/mol. The largest absolute Gasteiger partial charge is 0.380 e. The number of amides is 1. The summed E-state index contributed by atoms with van der Waals surface area (Å²) in [5, 5.41) is 0. The molecule has 134 valence electrons. The first-order chi connectivity index (χ1) is 11.0. The van der Waals surface area contributed by atoms with E-state index in [1.165, 1.54) is 25.7 Å². The van der Waals surface area contributed by atoms with Crippen molar-refractivity contribution in [1.82, 2.24) is 9.80 Å². The van der Waals surface area contributed by atoms with Crippen LogP contribution < -0.4 is 5.73 Å². The van der Waals surface area contributed by atoms with E-state index in [4.69, 9.17) is 10.5 Å². The zero-order valence-electron chi connectivity index (χ0n) is 15.2. The summed E-state index contributed by atoms with van der Waals surface area (Å²) in [4.78, 5) is 16.9. The Morgan fingerprint density at radius 3 is 2.22 bits per heavy atom. The van der Waals surface area contributed by atoms with E-state index >= 15 is 0 Å². The van der Waals surface area contributed by atoms with Gasteiger partial charge in [-0.3, -0.25) is 9.69 Å². The van der Waals surface area contributed by atoms with Gasteiger partial charge in [-0.1, -0.05) is 13.8 Å². The van der Waals surface area contributed by atoms with E-state index in [0.717, 1.165) is 44.1 Å². The zero-order valence-corrected chi connectivity index (χ0v) is 15.2. The molecule has 1 saturated heterocycles. The van der Waals surface area contributed by atoms with E-state index in [-0.39, 0.29) is 12.0 Å². The molecule has 2 N–H and O–H groups in total. The van der Waals surface area contributed by atoms with Crippen LogP contribution in [0.2, 0.25) is 0 Å². The molecule has 1 aliphatic carbocycles. The fourth-order valence-corrected chi connectivity index (χ4v) is 4.06. The minimum atomic E-state index is -0.146. The van der Waals surface area contributed by atoms with Crippen LogP contribution in [0.1, 0.15) is 46.0 Å². The number of piperazine rings is 1. The third-order valence-electron chi connectivity index (χ3n) is 5.87. The Kier molecular flexibility index (Phi) is 7.31. The summed E-state index contributed by atoms with van der Waals surface area (Å²) in [6.07, 6.45) is 5.66. The standard InChI is InChI=1S/C18H35N3O2/c1-14(2)15-4-6-16(7-5-15)20-8-10-21(11-9-20)18(22)12-17(13-19)23-3/h14-17H,4-13,19H2,1-3H3. The van der Waals surface area contributed by atoms with Crippen LogP contribution in [0.4, 0.5) is 0 Å². The lowest BCUT2D eigenvalue weighted by molar-refractivity contribution is -0.135. The molecule has 2 rings (SSSR count). The number of nitrogens with zero attached hydrogens (tertiary/aromatic N) is 2. The van der Waals surface area contributed by atoms with Crippen LogP contribution in [-0.2, 0) is 9.53 Å². The maximum Gasteiger partial charge on any atom is 0.225 e. The van der Waals surface area contributed by atoms with Gasteiger partial charge >= 0.3 is 0 Å². The van der Waals surface area contributed by atoms with Crippen LogP contribution in [0, 0.1) is 11.8 Å². The van der Waals surface area contributed by atoms with Gasteiger partial charge in [0.05, 0.1) is 12.5 Å². The van der Waals surface area contributed by atoms with Crippen LogP contribution in [0.25, 0.3) is 0 Å². The van der Waals surface area contributed by atoms with Gasteiger partial charge in [0.15, 0.2) is 0 Å². The maximum absolute atomic E-state index is 12.3. The molecule has 2 aliphatic rings. The van der Waals surface area contributed by atoms with Crippen LogP contribution in [0.15, 0.2) is 0 Å². The Morgan fingerprint density at radius 2 is 1.74 bits per heavy atom. The molecule has 1 amide bonds. The number of methoxy groups -OCH3 is 1. The van der Waals surface area contributed by atoms with Gasteiger partial charge < -0.3 is 15.4 Å². The van der Waals surface area contributed by atoms with Gasteiger partial charge in [0, 0.05) is 45.9 Å². The minimum absolute atomic E-state index is 0.146. The van der Waals surface area contributed by atoms with E-state index in [0.29, 0.717) is 13.0 Å². The second-order valence-electron chi connectivity index (χ2n) is 7.53. The quantitative estimate of drug-likeness (QED) is 0.808. The Balaban J connectivity index is 1.73. The molecule has 0 bridgehead atoms. The molecule has 0 aromatic rings. The van der Waals surface area contributed by atoms with Gasteiger partial charge in [0.25, 0.3) is 0 Å². The van der Waals surface area contributed by atoms with Crippen molar-refractivity contribution in [3.8, 4) is 0 Å². The molecular formula is C18H35N3O2. The number of ether oxygens (including phenoxy) is 1. The molecule has 1 saturated carbocycles. The second kappa shape index (κ2) is 9.00. The molecule has 1 aliphatic heterocycles. The maximum atomic E-state index is 12.3. The highest BCUT2D eigenvalue weighted by atomic mass is 16.5. The summed E-state index contributed by atoms with van der Waals surface area (Å²) in [6.45, 7) is 8.84. The number of nitrogens with two attached hydrogens (primary N) is 1. The third-order valence-corrected chi connectivity index (χ3v) is 5.87. The van der Waals surface area contributed by atoms with Gasteiger partial charge in [-0.25, -0.2) is 0 Å². The number of hydrogen-bond acceptors (Lipinski definition) is 4. The first kappa shape index (κ1) is 18.7. The molecule has 1 atom stereocenters. The highest BCUT2D eigenvalue weighted by molar-refractivity contribution is 5.76. The van der Waals surface area contributed by atoms with E-state index < -0.39 is 0 Å². The number of carbonyl (C=O) groups excluding carboxylic acids is 1. The fraction of sp³-hybridized carbons (Fsp3) is 0.944. The molecule has 1 unspecified atom stereocenters. The van der Waals surface area contributed by atoms with Crippen molar-refractivity contribution in [3.63, 3.8) is 0 Å². The predicted octanol–water partition coefficient (Wildman–Crippen LogP) is 1.71. The Hall–Kier alpha value is -0.650. The number of hydrogen-bond donors (Lipinski definition) is 1. The fourth-order valence-electron chi connectivity index (χ4n) is 4.06. The van der Waals surface area contributed by atoms with Crippen LogP contribution in [0.5, 0.6) is 0 Å². The van der Waals surface area contributed by atoms with Crippen LogP contribution >= 0.6 is 0 Å². The molecule has 5 nitrogen and oxygen atoms in total. The minimum Gasteiger partial charge on any atom is -0.380 e. The molecule has 0 spiro atoms. The van der Waals surface area contributed by atoms with Crippen molar-refractivity contribution in [3.05, 3.63) is 0 Å². The first-order valence-electron chi connectivity index (χ1n) is 9.29.